The van der Waals surface area contributed by atoms with Gasteiger partial charge in [-0.15, -0.1) is 24.9 Å². The fourth-order valence-electron chi connectivity index (χ4n) is 6.44. The highest BCUT2D eigenvalue weighted by atomic mass is 79.9. The van der Waals surface area contributed by atoms with Crippen molar-refractivity contribution in [3.63, 3.8) is 0 Å². The standard InChI is InChI=1S/C28H43BrN2O5S/c1-6-10-11-12-15-36-27(35)21-22-25(33)31(19(9-4)17-32)24(28(22)16-20(29)23(21)37-28)26(34)30(14-8-3)18(5)13-7-2/h6,8,18-24,32H,1,3,7,9-17H2,2,4-5H3/t18?,19-,20?,21+,22-,23+,24?,28?/m0/s1. The minimum Gasteiger partial charge on any atom is -0.465 e. The summed E-state index contributed by atoms with van der Waals surface area (Å²) >= 11 is 5.39. The molecule has 3 aliphatic heterocycles. The molecule has 3 saturated heterocycles. The van der Waals surface area contributed by atoms with Crippen molar-refractivity contribution in [1.29, 1.82) is 0 Å². The number of fused-ring (bicyclic) bond motifs is 1. The smallest absolute Gasteiger partial charge is 0.310 e. The first-order valence-corrected chi connectivity index (χ1v) is 15.5. The molecule has 8 atom stereocenters. The Morgan fingerprint density at radius 1 is 1.32 bits per heavy atom. The van der Waals surface area contributed by atoms with Gasteiger partial charge < -0.3 is 19.6 Å². The van der Waals surface area contributed by atoms with Gasteiger partial charge in [0.1, 0.15) is 6.04 Å². The lowest BCUT2D eigenvalue weighted by atomic mass is 9.71. The Morgan fingerprint density at radius 3 is 2.65 bits per heavy atom. The van der Waals surface area contributed by atoms with E-state index in [9.17, 15) is 19.5 Å². The van der Waals surface area contributed by atoms with E-state index in [0.717, 1.165) is 32.1 Å². The first kappa shape index (κ1) is 30.2. The number of aliphatic hydroxyl groups excluding tert-OH is 1. The zero-order valence-corrected chi connectivity index (χ0v) is 24.8. The highest BCUT2D eigenvalue weighted by Crippen LogP contribution is 2.68. The number of esters is 1. The topological polar surface area (TPSA) is 87.2 Å². The number of nitrogens with zero attached hydrogens (tertiary/aromatic N) is 2. The van der Waals surface area contributed by atoms with Gasteiger partial charge >= 0.3 is 5.97 Å². The quantitative estimate of drug-likeness (QED) is 0.131. The molecule has 3 fully saturated rings. The Labute approximate surface area is 234 Å². The molecule has 4 unspecified atom stereocenters. The lowest BCUT2D eigenvalue weighted by molar-refractivity contribution is -0.154. The van der Waals surface area contributed by atoms with Gasteiger partial charge in [0.05, 0.1) is 35.8 Å². The zero-order chi connectivity index (χ0) is 27.3. The number of aliphatic hydroxyl groups is 1. The van der Waals surface area contributed by atoms with Gasteiger partial charge in [0.25, 0.3) is 0 Å². The molecule has 3 heterocycles. The predicted octanol–water partition coefficient (Wildman–Crippen LogP) is 4.32. The molecule has 0 radical (unpaired) electrons. The fourth-order valence-corrected chi connectivity index (χ4v) is 10.0. The van der Waals surface area contributed by atoms with Crippen LogP contribution in [-0.4, -0.2) is 85.4 Å². The summed E-state index contributed by atoms with van der Waals surface area (Å²) in [4.78, 5) is 45.4. The number of alkyl halides is 1. The average Bonchev–Trinajstić information content (AvgIpc) is 3.46. The molecule has 0 aliphatic carbocycles. The third-order valence-corrected chi connectivity index (χ3v) is 11.4. The third-order valence-electron chi connectivity index (χ3n) is 8.20. The van der Waals surface area contributed by atoms with Gasteiger partial charge in [-0.3, -0.25) is 14.4 Å². The molecular formula is C28H43BrN2O5S. The van der Waals surface area contributed by atoms with Crippen molar-refractivity contribution in [3.8, 4) is 0 Å². The van der Waals surface area contributed by atoms with Crippen molar-refractivity contribution >= 4 is 45.5 Å². The highest BCUT2D eigenvalue weighted by Gasteiger charge is 2.76. The lowest BCUT2D eigenvalue weighted by Crippen LogP contribution is -2.59. The average molecular weight is 600 g/mol. The van der Waals surface area contributed by atoms with E-state index in [4.69, 9.17) is 4.74 Å². The fraction of sp³-hybridized carbons (Fsp3) is 0.750. The molecule has 2 amide bonds. The second kappa shape index (κ2) is 13.2. The van der Waals surface area contributed by atoms with Crippen molar-refractivity contribution in [2.24, 2.45) is 11.8 Å². The molecule has 37 heavy (non-hydrogen) atoms. The van der Waals surface area contributed by atoms with E-state index in [1.807, 2.05) is 24.8 Å². The monoisotopic (exact) mass is 598 g/mol. The van der Waals surface area contributed by atoms with Gasteiger partial charge in [0.15, 0.2) is 0 Å². The van der Waals surface area contributed by atoms with Crippen LogP contribution < -0.4 is 0 Å². The molecule has 0 saturated carbocycles. The summed E-state index contributed by atoms with van der Waals surface area (Å²) < 4.78 is 4.95. The van der Waals surface area contributed by atoms with Gasteiger partial charge in [-0.25, -0.2) is 0 Å². The maximum atomic E-state index is 14.4. The van der Waals surface area contributed by atoms with E-state index in [0.29, 0.717) is 26.0 Å². The number of hydrogen-bond acceptors (Lipinski definition) is 6. The number of rotatable bonds is 15. The Balaban J connectivity index is 1.99. The molecule has 0 aromatic rings. The van der Waals surface area contributed by atoms with Crippen LogP contribution in [0.4, 0.5) is 0 Å². The van der Waals surface area contributed by atoms with Crippen LogP contribution in [0.2, 0.25) is 0 Å². The van der Waals surface area contributed by atoms with E-state index in [2.05, 4.69) is 36.0 Å². The molecule has 208 valence electrons. The third kappa shape index (κ3) is 5.55. The number of carbonyl (C=O) groups is 3. The van der Waals surface area contributed by atoms with Crippen LogP contribution in [0.15, 0.2) is 25.3 Å². The summed E-state index contributed by atoms with van der Waals surface area (Å²) in [6, 6.07) is -1.25. The molecule has 3 aliphatic rings. The number of thioether (sulfide) groups is 1. The van der Waals surface area contributed by atoms with Crippen LogP contribution in [0.25, 0.3) is 0 Å². The number of halogens is 1. The van der Waals surface area contributed by atoms with Gasteiger partial charge in [0, 0.05) is 22.7 Å². The van der Waals surface area contributed by atoms with Crippen LogP contribution in [0.1, 0.15) is 65.7 Å². The van der Waals surface area contributed by atoms with Crippen LogP contribution in [0.5, 0.6) is 0 Å². The van der Waals surface area contributed by atoms with Crippen LogP contribution in [-0.2, 0) is 19.1 Å². The molecule has 1 N–H and O–H groups in total. The second-order valence-electron chi connectivity index (χ2n) is 10.5. The largest absolute Gasteiger partial charge is 0.465 e. The van der Waals surface area contributed by atoms with Gasteiger partial charge in [-0.1, -0.05) is 48.4 Å². The number of unbranched alkanes of at least 4 members (excludes halogenated alkanes) is 2. The van der Waals surface area contributed by atoms with Crippen molar-refractivity contribution in [2.75, 3.05) is 19.8 Å². The Morgan fingerprint density at radius 2 is 2.05 bits per heavy atom. The first-order valence-electron chi connectivity index (χ1n) is 13.7. The number of ether oxygens (including phenoxy) is 1. The van der Waals surface area contributed by atoms with Gasteiger partial charge in [0.2, 0.25) is 11.8 Å². The number of allylic oxidation sites excluding steroid dienone is 1. The maximum absolute atomic E-state index is 14.4. The van der Waals surface area contributed by atoms with E-state index in [1.165, 1.54) is 0 Å². The minimum absolute atomic E-state index is 0.00904. The summed E-state index contributed by atoms with van der Waals surface area (Å²) in [5.74, 6) is -1.93. The van der Waals surface area contributed by atoms with Crippen LogP contribution >= 0.6 is 27.7 Å². The molecule has 7 nitrogen and oxygen atoms in total. The number of likely N-dealkylation sites (tertiary alicyclic amines) is 1. The highest BCUT2D eigenvalue weighted by molar-refractivity contribution is 9.09. The Kier molecular flexibility index (Phi) is 10.7. The first-order chi connectivity index (χ1) is 17.7. The summed E-state index contributed by atoms with van der Waals surface area (Å²) in [7, 11) is 0. The number of carbonyl (C=O) groups excluding carboxylic acids is 3. The second-order valence-corrected chi connectivity index (χ2v) is 13.2. The van der Waals surface area contributed by atoms with Crippen molar-refractivity contribution in [2.45, 2.75) is 98.7 Å². The summed E-state index contributed by atoms with van der Waals surface area (Å²) in [5.41, 5.74) is 0. The normalized spacial score (nSPS) is 31.6. The van der Waals surface area contributed by atoms with E-state index in [1.54, 1.807) is 22.7 Å². The molecule has 9 heteroatoms. The zero-order valence-electron chi connectivity index (χ0n) is 22.4. The van der Waals surface area contributed by atoms with Crippen molar-refractivity contribution in [1.82, 2.24) is 9.80 Å². The van der Waals surface area contributed by atoms with E-state index < -0.39 is 28.7 Å². The molecule has 3 rings (SSSR count). The SMILES string of the molecule is C=CCCCCOC(=O)[C@H]1[C@@H]2SC3(CC2Br)C(C(=O)N(CC=C)C(C)CCC)N([C@@H](CC)CO)C(=O)[C@H]13. The minimum atomic E-state index is -0.748. The van der Waals surface area contributed by atoms with Gasteiger partial charge in [-0.05, 0) is 45.4 Å². The van der Waals surface area contributed by atoms with Crippen LogP contribution in [0, 0.1) is 11.8 Å². The molecular weight excluding hydrogens is 556 g/mol. The number of amides is 2. The Hall–Kier alpha value is -1.32. The van der Waals surface area contributed by atoms with Crippen molar-refractivity contribution in [3.05, 3.63) is 25.3 Å². The van der Waals surface area contributed by atoms with E-state index in [-0.39, 0.29) is 40.5 Å². The summed E-state index contributed by atoms with van der Waals surface area (Å²) in [6.45, 7) is 14.1. The van der Waals surface area contributed by atoms with Gasteiger partial charge in [-0.2, -0.15) is 0 Å². The lowest BCUT2D eigenvalue weighted by Gasteiger charge is -2.41. The Bertz CT molecular complexity index is 868. The van der Waals surface area contributed by atoms with E-state index >= 15 is 0 Å². The predicted molar refractivity (Wildman–Crippen MR) is 152 cm³/mol. The molecule has 1 spiro atoms. The van der Waals surface area contributed by atoms with Crippen molar-refractivity contribution < 1.29 is 24.2 Å². The summed E-state index contributed by atoms with van der Waals surface area (Å²) in [6.07, 6.45) is 8.97. The molecule has 0 aromatic heterocycles. The number of hydrogen-bond donors (Lipinski definition) is 1. The van der Waals surface area contributed by atoms with Crippen LogP contribution in [0.3, 0.4) is 0 Å². The molecule has 0 aromatic carbocycles. The molecule has 2 bridgehead atoms. The summed E-state index contributed by atoms with van der Waals surface area (Å²) in [5, 5.41) is 10.1. The maximum Gasteiger partial charge on any atom is 0.310 e.